The lowest BCUT2D eigenvalue weighted by Crippen LogP contribution is -2.43. The van der Waals surface area contributed by atoms with Crippen LogP contribution in [0.4, 0.5) is 0 Å². The molecule has 1 amide bonds. The molecular weight excluding hydrogens is 320 g/mol. The van der Waals surface area contributed by atoms with E-state index in [1.165, 1.54) is 0 Å². The molecule has 3 aromatic heterocycles. The molecule has 9 heteroatoms. The fraction of sp³-hybridized carbons (Fsp3) is 0.438. The Labute approximate surface area is 144 Å². The highest BCUT2D eigenvalue weighted by molar-refractivity contribution is 5.93. The fourth-order valence-electron chi connectivity index (χ4n) is 3.16. The summed E-state index contributed by atoms with van der Waals surface area (Å²) in [6, 6.07) is 2.06. The molecule has 25 heavy (non-hydrogen) atoms. The van der Waals surface area contributed by atoms with Crippen molar-refractivity contribution in [2.24, 2.45) is 14.1 Å². The van der Waals surface area contributed by atoms with Crippen LogP contribution in [0.3, 0.4) is 0 Å². The van der Waals surface area contributed by atoms with E-state index in [4.69, 9.17) is 0 Å². The summed E-state index contributed by atoms with van der Waals surface area (Å²) in [7, 11) is 3.78. The third-order valence-corrected chi connectivity index (χ3v) is 4.67. The lowest BCUT2D eigenvalue weighted by Gasteiger charge is -2.34. The second-order valence-corrected chi connectivity index (χ2v) is 6.48. The van der Waals surface area contributed by atoms with E-state index in [1.54, 1.807) is 30.3 Å². The molecule has 0 radical (unpaired) electrons. The van der Waals surface area contributed by atoms with Crippen molar-refractivity contribution in [1.29, 1.82) is 0 Å². The summed E-state index contributed by atoms with van der Waals surface area (Å²) in [5, 5.41) is 19.9. The Morgan fingerprint density at radius 1 is 1.28 bits per heavy atom. The molecule has 0 atom stereocenters. The van der Waals surface area contributed by atoms with Gasteiger partial charge in [-0.05, 0) is 18.9 Å². The first-order valence-electron chi connectivity index (χ1n) is 8.25. The highest BCUT2D eigenvalue weighted by Crippen LogP contribution is 2.36. The number of aryl methyl sites for hydroxylation is 1. The molecule has 130 valence electrons. The van der Waals surface area contributed by atoms with Crippen molar-refractivity contribution in [3.05, 3.63) is 48.1 Å². The zero-order chi connectivity index (χ0) is 17.4. The lowest BCUT2D eigenvalue weighted by atomic mass is 9.79. The van der Waals surface area contributed by atoms with Gasteiger partial charge >= 0.3 is 0 Å². The van der Waals surface area contributed by atoms with Gasteiger partial charge in [0.2, 0.25) is 0 Å². The van der Waals surface area contributed by atoms with Crippen molar-refractivity contribution >= 4 is 5.91 Å². The minimum Gasteiger partial charge on any atom is -0.349 e. The monoisotopic (exact) mass is 340 g/mol. The van der Waals surface area contributed by atoms with E-state index in [-0.39, 0.29) is 11.9 Å². The summed E-state index contributed by atoms with van der Waals surface area (Å²) < 4.78 is 5.48. The number of hydrogen-bond acceptors (Lipinski definition) is 5. The Kier molecular flexibility index (Phi) is 3.83. The van der Waals surface area contributed by atoms with Crippen molar-refractivity contribution in [2.75, 3.05) is 0 Å². The molecule has 0 saturated heterocycles. The van der Waals surface area contributed by atoms with Gasteiger partial charge in [-0.3, -0.25) is 14.2 Å². The second-order valence-electron chi connectivity index (χ2n) is 6.48. The highest BCUT2D eigenvalue weighted by Gasteiger charge is 2.35. The average molecular weight is 340 g/mol. The average Bonchev–Trinajstić information content (AvgIpc) is 3.27. The molecule has 0 spiro atoms. The van der Waals surface area contributed by atoms with Crippen LogP contribution in [0.1, 0.15) is 40.8 Å². The van der Waals surface area contributed by atoms with E-state index >= 15 is 0 Å². The summed E-state index contributed by atoms with van der Waals surface area (Å²) in [4.78, 5) is 12.1. The van der Waals surface area contributed by atoms with Gasteiger partial charge in [0, 0.05) is 44.6 Å². The number of aromatic nitrogens is 7. The zero-order valence-corrected chi connectivity index (χ0v) is 14.2. The Hall–Kier alpha value is -2.97. The van der Waals surface area contributed by atoms with Crippen LogP contribution in [0.5, 0.6) is 0 Å². The van der Waals surface area contributed by atoms with Crippen LogP contribution in [0.25, 0.3) is 0 Å². The molecule has 4 rings (SSSR count). The van der Waals surface area contributed by atoms with E-state index in [2.05, 4.69) is 25.7 Å². The van der Waals surface area contributed by atoms with Crippen molar-refractivity contribution < 1.29 is 4.79 Å². The normalized spacial score (nSPS) is 19.6. The zero-order valence-electron chi connectivity index (χ0n) is 14.2. The van der Waals surface area contributed by atoms with Gasteiger partial charge < -0.3 is 9.88 Å². The maximum atomic E-state index is 12.1. The van der Waals surface area contributed by atoms with Gasteiger partial charge in [-0.15, -0.1) is 10.2 Å². The number of rotatable bonds is 5. The van der Waals surface area contributed by atoms with E-state index in [1.807, 2.05) is 28.6 Å². The Morgan fingerprint density at radius 3 is 2.80 bits per heavy atom. The van der Waals surface area contributed by atoms with Crippen LogP contribution < -0.4 is 5.32 Å². The maximum Gasteiger partial charge on any atom is 0.254 e. The van der Waals surface area contributed by atoms with Gasteiger partial charge in [0.15, 0.2) is 5.82 Å². The minimum absolute atomic E-state index is 0.0751. The SMILES string of the molecule is Cn1cc(C(=O)NC2CC(c3nnc(Cn4cccn4)n3C)C2)cn1. The quantitative estimate of drug-likeness (QED) is 0.728. The number of nitrogens with zero attached hydrogens (tertiary/aromatic N) is 7. The van der Waals surface area contributed by atoms with Gasteiger partial charge in [-0.1, -0.05) is 0 Å². The molecule has 9 nitrogen and oxygen atoms in total. The molecular formula is C16H20N8O. The molecule has 0 aromatic carbocycles. The highest BCUT2D eigenvalue weighted by atomic mass is 16.1. The molecule has 1 saturated carbocycles. The third kappa shape index (κ3) is 3.04. The van der Waals surface area contributed by atoms with Crippen molar-refractivity contribution in [3.8, 4) is 0 Å². The summed E-state index contributed by atoms with van der Waals surface area (Å²) in [5.74, 6) is 2.09. The predicted molar refractivity (Wildman–Crippen MR) is 88.8 cm³/mol. The Bertz CT molecular complexity index is 872. The molecule has 0 aliphatic heterocycles. The van der Waals surface area contributed by atoms with Gasteiger partial charge in [0.25, 0.3) is 5.91 Å². The van der Waals surface area contributed by atoms with Gasteiger partial charge in [0.1, 0.15) is 12.4 Å². The minimum atomic E-state index is -0.0751. The first-order chi connectivity index (χ1) is 12.1. The first-order valence-corrected chi connectivity index (χ1v) is 8.25. The van der Waals surface area contributed by atoms with E-state index in [0.29, 0.717) is 18.0 Å². The first kappa shape index (κ1) is 15.6. The number of hydrogen-bond donors (Lipinski definition) is 1. The van der Waals surface area contributed by atoms with Crippen LogP contribution in [0.2, 0.25) is 0 Å². The molecule has 3 aromatic rings. The van der Waals surface area contributed by atoms with Crippen LogP contribution in [-0.2, 0) is 20.6 Å². The fourth-order valence-corrected chi connectivity index (χ4v) is 3.16. The molecule has 1 aliphatic carbocycles. The topological polar surface area (TPSA) is 95.5 Å². The molecule has 1 aliphatic rings. The Balaban J connectivity index is 1.34. The summed E-state index contributed by atoms with van der Waals surface area (Å²) in [6.07, 6.45) is 8.70. The number of amides is 1. The second kappa shape index (κ2) is 6.15. The number of nitrogens with one attached hydrogen (secondary N) is 1. The molecule has 1 fully saturated rings. The summed E-state index contributed by atoms with van der Waals surface area (Å²) in [6.45, 7) is 0.602. The third-order valence-electron chi connectivity index (χ3n) is 4.67. The number of carbonyl (C=O) groups is 1. The number of carbonyl (C=O) groups excluding carboxylic acids is 1. The standard InChI is InChI=1S/C16H20N8O/c1-22-9-12(8-18-22)16(25)19-13-6-11(7-13)15-21-20-14(23(15)2)10-24-5-3-4-17-24/h3-5,8-9,11,13H,6-7,10H2,1-2H3,(H,19,25). The van der Waals surface area contributed by atoms with Crippen LogP contribution in [0, 0.1) is 0 Å². The molecule has 0 bridgehead atoms. The van der Waals surface area contributed by atoms with Crippen LogP contribution in [0.15, 0.2) is 30.9 Å². The smallest absolute Gasteiger partial charge is 0.254 e. The van der Waals surface area contributed by atoms with Crippen LogP contribution in [-0.4, -0.2) is 46.3 Å². The Morgan fingerprint density at radius 2 is 2.12 bits per heavy atom. The van der Waals surface area contributed by atoms with Crippen molar-refractivity contribution in [1.82, 2.24) is 39.6 Å². The van der Waals surface area contributed by atoms with E-state index in [9.17, 15) is 4.79 Å². The molecule has 1 N–H and O–H groups in total. The lowest BCUT2D eigenvalue weighted by molar-refractivity contribution is 0.0907. The van der Waals surface area contributed by atoms with Gasteiger partial charge in [0.05, 0.1) is 11.8 Å². The van der Waals surface area contributed by atoms with Crippen molar-refractivity contribution in [2.45, 2.75) is 31.3 Å². The van der Waals surface area contributed by atoms with Gasteiger partial charge in [-0.25, -0.2) is 0 Å². The van der Waals surface area contributed by atoms with Gasteiger partial charge in [-0.2, -0.15) is 10.2 Å². The van der Waals surface area contributed by atoms with E-state index < -0.39 is 0 Å². The summed E-state index contributed by atoms with van der Waals surface area (Å²) in [5.41, 5.74) is 0.589. The maximum absolute atomic E-state index is 12.1. The summed E-state index contributed by atoms with van der Waals surface area (Å²) >= 11 is 0. The predicted octanol–water partition coefficient (Wildman–Crippen LogP) is 0.469. The van der Waals surface area contributed by atoms with E-state index in [0.717, 1.165) is 24.5 Å². The van der Waals surface area contributed by atoms with Crippen molar-refractivity contribution in [3.63, 3.8) is 0 Å². The largest absolute Gasteiger partial charge is 0.349 e. The molecule has 0 unspecified atom stereocenters. The van der Waals surface area contributed by atoms with Crippen LogP contribution >= 0.6 is 0 Å². The molecule has 3 heterocycles.